The van der Waals surface area contributed by atoms with Crippen LogP contribution in [0.4, 0.5) is 0 Å². The molecule has 1 N–H and O–H groups in total. The van der Waals surface area contributed by atoms with Crippen molar-refractivity contribution in [1.82, 2.24) is 0 Å². The Balaban J connectivity index is -0.000000000500. The third-order valence-corrected chi connectivity index (χ3v) is 0. The van der Waals surface area contributed by atoms with Crippen molar-refractivity contribution in [3.8, 4) is 0 Å². The van der Waals surface area contributed by atoms with Crippen LogP contribution in [0.25, 0.3) is 0 Å². The summed E-state index contributed by atoms with van der Waals surface area (Å²) in [4.78, 5) is 0. The first-order valence-electron chi connectivity index (χ1n) is 0.289. The molecule has 0 bridgehead atoms. The third kappa shape index (κ3) is 15.2. The van der Waals surface area contributed by atoms with E-state index in [0.29, 0.717) is 0 Å². The van der Waals surface area contributed by atoms with Gasteiger partial charge in [0, 0.05) is 0 Å². The molecule has 0 aromatic heterocycles. The number of rotatable bonds is 0. The second-order valence-electron chi connectivity index (χ2n) is 0. The second-order valence-corrected chi connectivity index (χ2v) is 0. The van der Waals surface area contributed by atoms with Crippen LogP contribution in [0.1, 0.15) is 4.28 Å². The van der Waals surface area contributed by atoms with Gasteiger partial charge in [0.2, 0.25) is 0 Å². The van der Waals surface area contributed by atoms with E-state index in [9.17, 15) is 0 Å². The first kappa shape index (κ1) is 21.9. The molecular formula is CH5BNNa. The summed E-state index contributed by atoms with van der Waals surface area (Å²) in [6.45, 7) is 3.75. The van der Waals surface area contributed by atoms with Gasteiger partial charge in [-0.1, -0.05) is 0 Å². The van der Waals surface area contributed by atoms with E-state index in [1.54, 1.807) is 0 Å². The third-order valence-electron chi connectivity index (χ3n) is 0. The first-order valence-corrected chi connectivity index (χ1v) is 0.289. The molecule has 0 aliphatic heterocycles. The van der Waals surface area contributed by atoms with Crippen LogP contribution in [0.3, 0.4) is 0 Å². The van der Waals surface area contributed by atoms with Crippen molar-refractivity contribution in [2.75, 3.05) is 0 Å². The van der Waals surface area contributed by atoms with Gasteiger partial charge in [-0.25, -0.2) is 0 Å². The zero-order valence-electron chi connectivity index (χ0n) is 5.65. The quantitative estimate of drug-likeness (QED) is 0.178. The zero-order valence-corrected chi connectivity index (χ0v) is 4.65. The molecule has 0 aliphatic rings. The van der Waals surface area contributed by atoms with Crippen LogP contribution >= 0.6 is 0 Å². The van der Waals surface area contributed by atoms with Gasteiger partial charge in [-0.2, -0.15) is 0 Å². The summed E-state index contributed by atoms with van der Waals surface area (Å²) in [5.74, 6) is 0. The van der Waals surface area contributed by atoms with Gasteiger partial charge >= 0.3 is 38.0 Å². The largest absolute Gasteiger partial charge is 3.00 e. The Labute approximate surface area is 54.6 Å². The van der Waals surface area contributed by atoms with E-state index in [2.05, 4.69) is 6.72 Å². The molecule has 0 saturated heterocycles. The summed E-state index contributed by atoms with van der Waals surface area (Å²) < 4.78 is 0. The van der Waals surface area contributed by atoms with Crippen LogP contribution in [0.2, 0.25) is 0 Å². The zero-order chi connectivity index (χ0) is 2.00. The molecule has 0 aromatic rings. The van der Waals surface area contributed by atoms with Crippen LogP contribution in [-0.2, 0) is 0 Å². The number of hydrogen-bond acceptors (Lipinski definition) is 1. The van der Waals surface area contributed by atoms with E-state index in [1.165, 1.54) is 0 Å². The molecular weight excluding hydrogens is 59.8 g/mol. The van der Waals surface area contributed by atoms with Gasteiger partial charge in [0.15, 0.2) is 0 Å². The minimum Gasteiger partial charge on any atom is -1.00 e. The molecule has 0 radical (unpaired) electrons. The predicted octanol–water partition coefficient (Wildman–Crippen LogP) is -2.90. The molecule has 18 valence electrons. The Morgan fingerprint density at radius 2 is 1.50 bits per heavy atom. The SMILES string of the molecule is [B+3].[CH-]=N.[H-].[H-].[H-].[Na+]. The molecule has 0 aliphatic carbocycles. The summed E-state index contributed by atoms with van der Waals surface area (Å²) in [6, 6.07) is 0. The Hall–Kier alpha value is 0.735. The number of nitrogens with one attached hydrogen (secondary N) is 1. The monoisotopic (exact) mass is 65.0 g/mol. The fourth-order valence-electron chi connectivity index (χ4n) is 0. The van der Waals surface area contributed by atoms with Crippen molar-refractivity contribution < 1.29 is 33.8 Å². The van der Waals surface area contributed by atoms with Crippen LogP contribution in [0.5, 0.6) is 0 Å². The maximum Gasteiger partial charge on any atom is 3.00 e. The summed E-state index contributed by atoms with van der Waals surface area (Å²) in [7, 11) is 0. The van der Waals surface area contributed by atoms with Gasteiger partial charge in [0.05, 0.1) is 0 Å². The Kier molecular flexibility index (Phi) is 284. The molecule has 0 spiro atoms. The topological polar surface area (TPSA) is 23.9 Å². The van der Waals surface area contributed by atoms with Gasteiger partial charge in [0.25, 0.3) is 0 Å². The van der Waals surface area contributed by atoms with Gasteiger partial charge in [0.1, 0.15) is 0 Å². The predicted molar refractivity (Wildman–Crippen MR) is 17.9 cm³/mol. The smallest absolute Gasteiger partial charge is 1.00 e. The van der Waals surface area contributed by atoms with Gasteiger partial charge < -0.3 is 16.4 Å². The summed E-state index contributed by atoms with van der Waals surface area (Å²) in [6.07, 6.45) is 0. The van der Waals surface area contributed by atoms with Crippen LogP contribution in [0, 0.1) is 5.41 Å². The summed E-state index contributed by atoms with van der Waals surface area (Å²) in [5, 5.41) is 5.25. The normalized spacial score (nSPS) is 1.00. The molecule has 0 unspecified atom stereocenters. The maximum atomic E-state index is 5.25. The van der Waals surface area contributed by atoms with E-state index in [-0.39, 0.29) is 42.3 Å². The molecule has 0 amide bonds. The second kappa shape index (κ2) is 51.7. The molecule has 0 heterocycles. The first-order chi connectivity index (χ1) is 1.00. The van der Waals surface area contributed by atoms with Gasteiger partial charge in [-0.3, -0.25) is 0 Å². The summed E-state index contributed by atoms with van der Waals surface area (Å²) in [5.41, 5.74) is 0. The van der Waals surface area contributed by atoms with E-state index >= 15 is 0 Å². The minimum absolute atomic E-state index is 0. The van der Waals surface area contributed by atoms with E-state index in [4.69, 9.17) is 5.41 Å². The van der Waals surface area contributed by atoms with Crippen LogP contribution < -0.4 is 29.6 Å². The molecule has 0 fully saturated rings. The summed E-state index contributed by atoms with van der Waals surface area (Å²) >= 11 is 0. The molecule has 3 heteroatoms. The fraction of sp³-hybridized carbons (Fsp3) is 0. The van der Waals surface area contributed by atoms with Gasteiger partial charge in [-0.05, 0) is 0 Å². The Bertz CT molecular complexity index is 14.9. The minimum atomic E-state index is 0. The van der Waals surface area contributed by atoms with E-state index < -0.39 is 0 Å². The fourth-order valence-corrected chi connectivity index (χ4v) is 0. The Morgan fingerprint density at radius 1 is 1.50 bits per heavy atom. The van der Waals surface area contributed by atoms with Crippen molar-refractivity contribution in [3.05, 3.63) is 0 Å². The molecule has 0 saturated carbocycles. The van der Waals surface area contributed by atoms with Crippen molar-refractivity contribution >= 4 is 15.1 Å². The average Bonchev–Trinajstić information content (AvgIpc) is 1.00. The van der Waals surface area contributed by atoms with Crippen LogP contribution in [0.15, 0.2) is 0 Å². The maximum absolute atomic E-state index is 5.25. The van der Waals surface area contributed by atoms with Crippen molar-refractivity contribution in [2.24, 2.45) is 0 Å². The van der Waals surface area contributed by atoms with Crippen molar-refractivity contribution in [2.45, 2.75) is 0 Å². The van der Waals surface area contributed by atoms with Crippen molar-refractivity contribution in [3.63, 3.8) is 0 Å². The standard InChI is InChI=1S/CH2N.B.Na.3H/c1-2;;;;;/h1-2H;;;;;/q-1;+3;+1;3*-1. The van der Waals surface area contributed by atoms with Crippen LogP contribution in [-0.4, -0.2) is 15.1 Å². The number of hydrogen-bond donors (Lipinski definition) is 1. The molecule has 0 rings (SSSR count). The average molecular weight is 64.9 g/mol. The van der Waals surface area contributed by atoms with Crippen molar-refractivity contribution in [1.29, 1.82) is 5.41 Å². The van der Waals surface area contributed by atoms with Gasteiger partial charge in [-0.15, -0.1) is 0 Å². The Morgan fingerprint density at radius 3 is 1.50 bits per heavy atom. The molecule has 0 aromatic carbocycles. The molecule has 1 nitrogen and oxygen atoms in total. The van der Waals surface area contributed by atoms with E-state index in [1.807, 2.05) is 0 Å². The molecule has 0 atom stereocenters. The van der Waals surface area contributed by atoms with E-state index in [0.717, 1.165) is 0 Å². The molecule has 4 heavy (non-hydrogen) atoms.